The number of amides is 2. The van der Waals surface area contributed by atoms with Gasteiger partial charge in [0, 0.05) is 6.54 Å². The molecule has 0 unspecified atom stereocenters. The zero-order chi connectivity index (χ0) is 14.4. The van der Waals surface area contributed by atoms with Crippen LogP contribution in [0.4, 0.5) is 4.79 Å². The predicted octanol–water partition coefficient (Wildman–Crippen LogP) is 1.83. The lowest BCUT2D eigenvalue weighted by molar-refractivity contribution is -0.142. The molecule has 0 bridgehead atoms. The summed E-state index contributed by atoms with van der Waals surface area (Å²) in [5.74, 6) is -0.631. The van der Waals surface area contributed by atoms with Gasteiger partial charge in [-0.3, -0.25) is 0 Å². The van der Waals surface area contributed by atoms with Gasteiger partial charge in [-0.25, -0.2) is 9.59 Å². The standard InChI is InChI=1S/C13H24N2O3/c1-11(2)8(12(11,3)4)7-14-10(18)15-13(5,6)9(16)17/h8H,7H2,1-6H3,(H,16,17)(H2,14,15,18). The molecule has 2 amide bonds. The normalized spacial score (nSPS) is 21.2. The third-order valence-corrected chi connectivity index (χ3v) is 4.75. The minimum absolute atomic E-state index is 0.211. The number of hydrogen-bond acceptors (Lipinski definition) is 2. The third-order valence-electron chi connectivity index (χ3n) is 4.75. The zero-order valence-electron chi connectivity index (χ0n) is 12.0. The Balaban J connectivity index is 2.43. The van der Waals surface area contributed by atoms with Crippen molar-refractivity contribution in [1.29, 1.82) is 0 Å². The Kier molecular flexibility index (Phi) is 3.40. The van der Waals surface area contributed by atoms with Crippen LogP contribution in [0.2, 0.25) is 0 Å². The van der Waals surface area contributed by atoms with Gasteiger partial charge in [-0.05, 0) is 30.6 Å². The summed E-state index contributed by atoms with van der Waals surface area (Å²) >= 11 is 0. The molecule has 0 saturated heterocycles. The Morgan fingerprint density at radius 3 is 1.94 bits per heavy atom. The summed E-state index contributed by atoms with van der Waals surface area (Å²) in [5, 5.41) is 14.1. The molecule has 0 spiro atoms. The third kappa shape index (κ3) is 2.44. The van der Waals surface area contributed by atoms with Crippen molar-refractivity contribution in [1.82, 2.24) is 10.6 Å². The van der Waals surface area contributed by atoms with Crippen LogP contribution >= 0.6 is 0 Å². The molecule has 1 aliphatic carbocycles. The fourth-order valence-electron chi connectivity index (χ4n) is 2.42. The van der Waals surface area contributed by atoms with Crippen LogP contribution in [-0.2, 0) is 4.79 Å². The van der Waals surface area contributed by atoms with Crippen LogP contribution in [0.5, 0.6) is 0 Å². The number of carbonyl (C=O) groups is 2. The number of rotatable bonds is 4. The molecule has 3 N–H and O–H groups in total. The van der Waals surface area contributed by atoms with Crippen molar-refractivity contribution < 1.29 is 14.7 Å². The molecule has 1 aliphatic rings. The molecular formula is C13H24N2O3. The molecule has 104 valence electrons. The van der Waals surface area contributed by atoms with Gasteiger partial charge < -0.3 is 15.7 Å². The Morgan fingerprint density at radius 2 is 1.61 bits per heavy atom. The molecule has 0 aliphatic heterocycles. The van der Waals surface area contributed by atoms with E-state index in [0.717, 1.165) is 0 Å². The molecule has 0 radical (unpaired) electrons. The van der Waals surface area contributed by atoms with Crippen LogP contribution in [-0.4, -0.2) is 29.2 Å². The highest BCUT2D eigenvalue weighted by atomic mass is 16.4. The molecule has 5 heteroatoms. The first kappa shape index (κ1) is 14.8. The van der Waals surface area contributed by atoms with Gasteiger partial charge in [0.05, 0.1) is 0 Å². The van der Waals surface area contributed by atoms with Crippen molar-refractivity contribution in [2.45, 2.75) is 47.1 Å². The van der Waals surface area contributed by atoms with Gasteiger partial charge in [-0.15, -0.1) is 0 Å². The summed E-state index contributed by atoms with van der Waals surface area (Å²) in [6, 6.07) is -0.430. The molecule has 0 aromatic heterocycles. The lowest BCUT2D eigenvalue weighted by Crippen LogP contribution is -2.53. The summed E-state index contributed by atoms with van der Waals surface area (Å²) in [5.41, 5.74) is -0.830. The quantitative estimate of drug-likeness (QED) is 0.718. The largest absolute Gasteiger partial charge is 0.480 e. The lowest BCUT2D eigenvalue weighted by Gasteiger charge is -2.21. The van der Waals surface area contributed by atoms with Gasteiger partial charge in [0.15, 0.2) is 0 Å². The van der Waals surface area contributed by atoms with Crippen LogP contribution in [0.25, 0.3) is 0 Å². The smallest absolute Gasteiger partial charge is 0.328 e. The average molecular weight is 256 g/mol. The van der Waals surface area contributed by atoms with E-state index < -0.39 is 17.5 Å². The second kappa shape index (κ2) is 4.14. The summed E-state index contributed by atoms with van der Waals surface area (Å²) in [6.07, 6.45) is 0. The van der Waals surface area contributed by atoms with E-state index in [1.54, 1.807) is 0 Å². The maximum absolute atomic E-state index is 11.6. The topological polar surface area (TPSA) is 78.4 Å². The molecule has 1 saturated carbocycles. The van der Waals surface area contributed by atoms with E-state index in [2.05, 4.69) is 38.3 Å². The summed E-state index contributed by atoms with van der Waals surface area (Å²) < 4.78 is 0. The Labute approximate surface area is 108 Å². The Hall–Kier alpha value is -1.26. The fraction of sp³-hybridized carbons (Fsp3) is 0.846. The number of hydrogen-bond donors (Lipinski definition) is 3. The van der Waals surface area contributed by atoms with Gasteiger partial charge in [0.25, 0.3) is 0 Å². The minimum atomic E-state index is -1.25. The molecule has 0 atom stereocenters. The molecule has 18 heavy (non-hydrogen) atoms. The first-order chi connectivity index (χ1) is 7.93. The average Bonchev–Trinajstić information content (AvgIpc) is 2.53. The lowest BCUT2D eigenvalue weighted by atomic mass is 10.0. The van der Waals surface area contributed by atoms with Crippen LogP contribution in [0.15, 0.2) is 0 Å². The second-order valence-corrected chi connectivity index (χ2v) is 6.76. The monoisotopic (exact) mass is 256 g/mol. The van der Waals surface area contributed by atoms with E-state index in [1.165, 1.54) is 13.8 Å². The Morgan fingerprint density at radius 1 is 1.17 bits per heavy atom. The first-order valence-corrected chi connectivity index (χ1v) is 6.22. The van der Waals surface area contributed by atoms with E-state index in [9.17, 15) is 9.59 Å². The molecule has 0 heterocycles. The molecular weight excluding hydrogens is 232 g/mol. The van der Waals surface area contributed by atoms with Crippen molar-refractivity contribution in [3.8, 4) is 0 Å². The van der Waals surface area contributed by atoms with Gasteiger partial charge in [-0.1, -0.05) is 27.7 Å². The SMILES string of the molecule is CC(C)(NC(=O)NCC1C(C)(C)C1(C)C)C(=O)O. The molecule has 0 aromatic carbocycles. The van der Waals surface area contributed by atoms with Crippen LogP contribution < -0.4 is 10.6 Å². The van der Waals surface area contributed by atoms with E-state index in [1.807, 2.05) is 0 Å². The number of carboxylic acids is 1. The van der Waals surface area contributed by atoms with Crippen LogP contribution in [0, 0.1) is 16.7 Å². The van der Waals surface area contributed by atoms with Gasteiger partial charge in [0.1, 0.15) is 5.54 Å². The maximum Gasteiger partial charge on any atom is 0.328 e. The van der Waals surface area contributed by atoms with E-state index in [0.29, 0.717) is 12.5 Å². The summed E-state index contributed by atoms with van der Waals surface area (Å²) in [7, 11) is 0. The highest BCUT2D eigenvalue weighted by Crippen LogP contribution is 2.67. The van der Waals surface area contributed by atoms with E-state index in [4.69, 9.17) is 5.11 Å². The van der Waals surface area contributed by atoms with Crippen molar-refractivity contribution in [3.63, 3.8) is 0 Å². The number of carbonyl (C=O) groups excluding carboxylic acids is 1. The number of urea groups is 1. The number of aliphatic carboxylic acids is 1. The minimum Gasteiger partial charge on any atom is -0.480 e. The summed E-state index contributed by atoms with van der Waals surface area (Å²) in [6.45, 7) is 12.2. The van der Waals surface area contributed by atoms with Crippen molar-refractivity contribution in [3.05, 3.63) is 0 Å². The molecule has 5 nitrogen and oxygen atoms in total. The van der Waals surface area contributed by atoms with Gasteiger partial charge in [0.2, 0.25) is 0 Å². The summed E-state index contributed by atoms with van der Waals surface area (Å²) in [4.78, 5) is 22.5. The Bertz CT molecular complexity index is 358. The van der Waals surface area contributed by atoms with Crippen molar-refractivity contribution in [2.24, 2.45) is 16.7 Å². The highest BCUT2D eigenvalue weighted by Gasteiger charge is 2.64. The highest BCUT2D eigenvalue weighted by molar-refractivity contribution is 5.85. The zero-order valence-corrected chi connectivity index (χ0v) is 12.0. The molecule has 0 aromatic rings. The van der Waals surface area contributed by atoms with Crippen molar-refractivity contribution in [2.75, 3.05) is 6.54 Å². The van der Waals surface area contributed by atoms with E-state index >= 15 is 0 Å². The molecule has 1 fully saturated rings. The van der Waals surface area contributed by atoms with Crippen molar-refractivity contribution >= 4 is 12.0 Å². The second-order valence-electron chi connectivity index (χ2n) is 6.76. The van der Waals surface area contributed by atoms with Crippen LogP contribution in [0.1, 0.15) is 41.5 Å². The van der Waals surface area contributed by atoms with E-state index in [-0.39, 0.29) is 10.8 Å². The van der Waals surface area contributed by atoms with Crippen LogP contribution in [0.3, 0.4) is 0 Å². The fourth-order valence-corrected chi connectivity index (χ4v) is 2.42. The number of carboxylic acid groups (broad SMARTS) is 1. The molecule has 1 rings (SSSR count). The van der Waals surface area contributed by atoms with Gasteiger partial charge in [-0.2, -0.15) is 0 Å². The first-order valence-electron chi connectivity index (χ1n) is 6.22. The van der Waals surface area contributed by atoms with Gasteiger partial charge >= 0.3 is 12.0 Å². The maximum atomic E-state index is 11.6. The number of nitrogens with one attached hydrogen (secondary N) is 2. The predicted molar refractivity (Wildman–Crippen MR) is 69.3 cm³/mol.